The lowest BCUT2D eigenvalue weighted by molar-refractivity contribution is -0.135. The number of nitrogens with one attached hydrogen (secondary N) is 1. The number of piperazine rings is 1. The number of H-pyrrole nitrogens is 1. The van der Waals surface area contributed by atoms with Crippen molar-refractivity contribution in [1.29, 1.82) is 0 Å². The van der Waals surface area contributed by atoms with Gasteiger partial charge in [-0.15, -0.1) is 0 Å². The molecule has 2 aromatic heterocycles. The summed E-state index contributed by atoms with van der Waals surface area (Å²) in [7, 11) is 0. The van der Waals surface area contributed by atoms with E-state index in [4.69, 9.17) is 0 Å². The SMILES string of the molecule is CCN1CCN(CC(=O)N2C[C@@H]3C[C@H](C2)c2ccc(-c4ncc[nH]4)c(=O)n2C3)CC1. The Morgan fingerprint density at radius 1 is 1.13 bits per heavy atom. The lowest BCUT2D eigenvalue weighted by Gasteiger charge is -2.43. The van der Waals surface area contributed by atoms with Crippen LogP contribution in [0.4, 0.5) is 0 Å². The zero-order valence-corrected chi connectivity index (χ0v) is 17.6. The van der Waals surface area contributed by atoms with Gasteiger partial charge in [-0.2, -0.15) is 0 Å². The van der Waals surface area contributed by atoms with Gasteiger partial charge in [0.1, 0.15) is 5.82 Å². The Bertz CT molecular complexity index is 961. The number of likely N-dealkylation sites (tertiary alicyclic amines) is 1. The van der Waals surface area contributed by atoms with Gasteiger partial charge in [0.25, 0.3) is 5.56 Å². The van der Waals surface area contributed by atoms with E-state index in [0.29, 0.717) is 36.9 Å². The number of likely N-dealkylation sites (N-methyl/N-ethyl adjacent to an activating group) is 1. The van der Waals surface area contributed by atoms with Crippen molar-refractivity contribution in [2.24, 2.45) is 5.92 Å². The van der Waals surface area contributed by atoms with E-state index in [9.17, 15) is 9.59 Å². The second-order valence-corrected chi connectivity index (χ2v) is 8.83. The summed E-state index contributed by atoms with van der Waals surface area (Å²) in [5.41, 5.74) is 1.69. The van der Waals surface area contributed by atoms with Crippen LogP contribution in [0.25, 0.3) is 11.4 Å². The third-order valence-corrected chi connectivity index (χ3v) is 6.98. The summed E-state index contributed by atoms with van der Waals surface area (Å²) in [5, 5.41) is 0. The molecule has 2 atom stereocenters. The van der Waals surface area contributed by atoms with Crippen molar-refractivity contribution >= 4 is 5.91 Å². The standard InChI is InChI=1S/C22H30N6O2/c1-2-25-7-9-26(10-8-25)15-20(29)27-12-16-11-17(14-27)19-4-3-18(21-23-5-6-24-21)22(30)28(19)13-16/h3-6,16-17H,2,7-15H2,1H3,(H,23,24)/t16-,17+/m0/s1. The molecule has 2 fully saturated rings. The van der Waals surface area contributed by atoms with Crippen LogP contribution in [0.5, 0.6) is 0 Å². The number of pyridine rings is 1. The van der Waals surface area contributed by atoms with E-state index >= 15 is 0 Å². The van der Waals surface area contributed by atoms with Crippen molar-refractivity contribution in [2.75, 3.05) is 52.4 Å². The van der Waals surface area contributed by atoms with Crippen molar-refractivity contribution in [3.05, 3.63) is 40.6 Å². The Kier molecular flexibility index (Phi) is 5.20. The number of carbonyl (C=O) groups excluding carboxylic acids is 1. The second kappa shape index (κ2) is 8.00. The average molecular weight is 411 g/mol. The van der Waals surface area contributed by atoms with Gasteiger partial charge in [-0.3, -0.25) is 14.5 Å². The van der Waals surface area contributed by atoms with Gasteiger partial charge in [-0.05, 0) is 31.0 Å². The minimum atomic E-state index is 0.0192. The van der Waals surface area contributed by atoms with E-state index in [1.54, 1.807) is 12.4 Å². The van der Waals surface area contributed by atoms with E-state index in [-0.39, 0.29) is 17.4 Å². The molecule has 2 bridgehead atoms. The molecule has 0 radical (unpaired) electrons. The van der Waals surface area contributed by atoms with E-state index in [1.165, 1.54) is 0 Å². The lowest BCUT2D eigenvalue weighted by Crippen LogP contribution is -2.53. The summed E-state index contributed by atoms with van der Waals surface area (Å²) < 4.78 is 1.92. The van der Waals surface area contributed by atoms with Crippen molar-refractivity contribution in [1.82, 2.24) is 29.2 Å². The fraction of sp³-hybridized carbons (Fsp3) is 0.591. The van der Waals surface area contributed by atoms with Crippen LogP contribution in [0.15, 0.2) is 29.3 Å². The zero-order chi connectivity index (χ0) is 20.7. The molecule has 0 aliphatic carbocycles. The quantitative estimate of drug-likeness (QED) is 0.808. The molecule has 8 heteroatoms. The smallest absolute Gasteiger partial charge is 0.261 e. The number of nitrogens with zero attached hydrogens (tertiary/aromatic N) is 5. The van der Waals surface area contributed by atoms with Gasteiger partial charge >= 0.3 is 0 Å². The Balaban J connectivity index is 1.29. The highest BCUT2D eigenvalue weighted by Gasteiger charge is 2.37. The van der Waals surface area contributed by atoms with Gasteiger partial charge in [0, 0.05) is 69.8 Å². The number of imidazole rings is 1. The first-order valence-corrected chi connectivity index (χ1v) is 11.1. The van der Waals surface area contributed by atoms with Crippen molar-refractivity contribution < 1.29 is 4.79 Å². The molecule has 0 aromatic carbocycles. The lowest BCUT2D eigenvalue weighted by atomic mass is 9.83. The Morgan fingerprint density at radius 2 is 1.93 bits per heavy atom. The number of amides is 1. The molecule has 3 aliphatic rings. The van der Waals surface area contributed by atoms with Crippen LogP contribution in [-0.2, 0) is 11.3 Å². The number of aromatic amines is 1. The second-order valence-electron chi connectivity index (χ2n) is 8.83. The summed E-state index contributed by atoms with van der Waals surface area (Å²) in [6, 6.07) is 3.93. The molecule has 2 saturated heterocycles. The van der Waals surface area contributed by atoms with E-state index in [1.807, 2.05) is 15.5 Å². The van der Waals surface area contributed by atoms with Crippen LogP contribution >= 0.6 is 0 Å². The van der Waals surface area contributed by atoms with Crippen LogP contribution in [0.2, 0.25) is 0 Å². The maximum atomic E-state index is 13.1. The summed E-state index contributed by atoms with van der Waals surface area (Å²) in [4.78, 5) is 40.1. The fourth-order valence-corrected chi connectivity index (χ4v) is 5.30. The normalized spacial score (nSPS) is 24.6. The van der Waals surface area contributed by atoms with Gasteiger partial charge in [-0.25, -0.2) is 4.98 Å². The van der Waals surface area contributed by atoms with Crippen LogP contribution in [0.1, 0.15) is 25.0 Å². The number of hydrogen-bond donors (Lipinski definition) is 1. The Labute approximate surface area is 176 Å². The molecule has 30 heavy (non-hydrogen) atoms. The summed E-state index contributed by atoms with van der Waals surface area (Å²) >= 11 is 0. The summed E-state index contributed by atoms with van der Waals surface area (Å²) in [5.74, 6) is 1.42. The predicted molar refractivity (Wildman–Crippen MR) is 114 cm³/mol. The molecule has 160 valence electrons. The number of fused-ring (bicyclic) bond motifs is 4. The van der Waals surface area contributed by atoms with Gasteiger partial charge in [0.15, 0.2) is 0 Å². The molecule has 8 nitrogen and oxygen atoms in total. The first kappa shape index (κ1) is 19.5. The van der Waals surface area contributed by atoms with Crippen molar-refractivity contribution in [3.63, 3.8) is 0 Å². The summed E-state index contributed by atoms with van der Waals surface area (Å²) in [6.45, 7) is 9.95. The Hall–Kier alpha value is -2.45. The number of piperidine rings is 1. The third kappa shape index (κ3) is 3.58. The van der Waals surface area contributed by atoms with Crippen LogP contribution in [0.3, 0.4) is 0 Å². The highest BCUT2D eigenvalue weighted by molar-refractivity contribution is 5.78. The molecular weight excluding hydrogens is 380 g/mol. The first-order chi connectivity index (χ1) is 14.6. The van der Waals surface area contributed by atoms with Gasteiger partial charge in [-0.1, -0.05) is 6.92 Å². The number of carbonyl (C=O) groups is 1. The first-order valence-electron chi connectivity index (χ1n) is 11.1. The number of rotatable bonds is 4. The van der Waals surface area contributed by atoms with E-state index in [0.717, 1.165) is 51.4 Å². The average Bonchev–Trinajstić information content (AvgIpc) is 3.29. The Morgan fingerprint density at radius 3 is 2.67 bits per heavy atom. The zero-order valence-electron chi connectivity index (χ0n) is 17.6. The fourth-order valence-electron chi connectivity index (χ4n) is 5.30. The molecular formula is C22H30N6O2. The maximum absolute atomic E-state index is 13.1. The molecule has 2 aromatic rings. The van der Waals surface area contributed by atoms with Crippen molar-refractivity contribution in [2.45, 2.75) is 25.8 Å². The molecule has 0 spiro atoms. The molecule has 1 N–H and O–H groups in total. The maximum Gasteiger partial charge on any atom is 0.261 e. The molecule has 0 unspecified atom stereocenters. The topological polar surface area (TPSA) is 77.5 Å². The largest absolute Gasteiger partial charge is 0.344 e. The van der Waals surface area contributed by atoms with E-state index < -0.39 is 0 Å². The van der Waals surface area contributed by atoms with Gasteiger partial charge in [0.2, 0.25) is 5.91 Å². The minimum absolute atomic E-state index is 0.0192. The molecule has 5 heterocycles. The highest BCUT2D eigenvalue weighted by Crippen LogP contribution is 2.35. The monoisotopic (exact) mass is 410 g/mol. The van der Waals surface area contributed by atoms with Gasteiger partial charge in [0.05, 0.1) is 12.1 Å². The molecule has 3 aliphatic heterocycles. The minimum Gasteiger partial charge on any atom is -0.344 e. The number of hydrogen-bond acceptors (Lipinski definition) is 5. The molecule has 1 amide bonds. The van der Waals surface area contributed by atoms with Crippen molar-refractivity contribution in [3.8, 4) is 11.4 Å². The van der Waals surface area contributed by atoms with Crippen LogP contribution < -0.4 is 5.56 Å². The third-order valence-electron chi connectivity index (χ3n) is 6.98. The molecule has 5 rings (SSSR count). The van der Waals surface area contributed by atoms with Crippen LogP contribution in [0, 0.1) is 5.92 Å². The predicted octanol–water partition coefficient (Wildman–Crippen LogP) is 0.822. The number of aromatic nitrogens is 3. The summed E-state index contributed by atoms with van der Waals surface area (Å²) in [6.07, 6.45) is 4.46. The van der Waals surface area contributed by atoms with Gasteiger partial charge < -0.3 is 19.4 Å². The highest BCUT2D eigenvalue weighted by atomic mass is 16.2. The van der Waals surface area contributed by atoms with Crippen LogP contribution in [-0.4, -0.2) is 87.5 Å². The molecule has 0 saturated carbocycles. The van der Waals surface area contributed by atoms with E-state index in [2.05, 4.69) is 32.8 Å².